The fraction of sp³-hybridized carbons (Fsp3) is 0.0370. The molecule has 12 aromatic rings. The molecule has 5 nitrogen and oxygen atoms in total. The molecule has 276 valence electrons. The van der Waals surface area contributed by atoms with Gasteiger partial charge in [0.2, 0.25) is 0 Å². The number of rotatable bonds is 3. The Bertz CT molecular complexity index is 3910. The Labute approximate surface area is 336 Å². The van der Waals surface area contributed by atoms with E-state index < -0.39 is 0 Å². The van der Waals surface area contributed by atoms with Gasteiger partial charge in [0.05, 0.1) is 22.5 Å². The molecule has 1 aliphatic carbocycles. The van der Waals surface area contributed by atoms with Gasteiger partial charge < -0.3 is 22.7 Å². The number of fused-ring (bicyclic) bond motifs is 16. The van der Waals surface area contributed by atoms with E-state index in [9.17, 15) is 0 Å². The molecule has 0 saturated carbocycles. The fourth-order valence-corrected chi connectivity index (χ4v) is 10.3. The van der Waals surface area contributed by atoms with E-state index in [2.05, 4.69) is 161 Å². The van der Waals surface area contributed by atoms with Crippen molar-refractivity contribution in [2.45, 2.75) is 12.5 Å². The minimum absolute atomic E-state index is 0.0874. The van der Waals surface area contributed by atoms with Crippen molar-refractivity contribution in [2.24, 2.45) is 0 Å². The van der Waals surface area contributed by atoms with Gasteiger partial charge in [-0.05, 0) is 96.4 Å². The summed E-state index contributed by atoms with van der Waals surface area (Å²) in [6.07, 6.45) is 3.26. The largest absolute Gasteiger partial charge is 0.456 e. The van der Waals surface area contributed by atoms with Crippen LogP contribution in [-0.2, 0) is 0 Å². The van der Waals surface area contributed by atoms with E-state index in [1.165, 1.54) is 38.6 Å². The van der Waals surface area contributed by atoms with E-state index in [-0.39, 0.29) is 6.04 Å². The molecule has 14 rings (SSSR count). The number of anilines is 2. The quantitative estimate of drug-likeness (QED) is 0.180. The SMILES string of the molecule is C1=c2c(oc3c2ccc2c3c3ccccc3n2-c2ccc3oc4ccccc4c3c2)=C2c3ccccc3N(c3cccc(-c4ccc5oc6ccccc6c5c4)c3)C2C1. The zero-order chi connectivity index (χ0) is 38.3. The lowest BCUT2D eigenvalue weighted by Crippen LogP contribution is -2.37. The van der Waals surface area contributed by atoms with Crippen LogP contribution in [-0.4, -0.2) is 10.6 Å². The molecule has 1 atom stereocenters. The standard InChI is InChI=1S/C54H32N2O3/c1-5-16-43-39(14-1)51-45(55(43)33-11-9-10-31(28-33)32-20-26-49-41(29-32)35-12-3-7-18-47(35)57-49)24-22-37-38-23-25-46-52(54(38)59-53(37)51)40-15-2-6-17-44(40)56(46)34-21-27-50-42(30-34)36-13-4-8-19-48(36)58-50/h1-23,25-30,45H,24H2. The summed E-state index contributed by atoms with van der Waals surface area (Å²) in [7, 11) is 0. The van der Waals surface area contributed by atoms with E-state index in [0.29, 0.717) is 0 Å². The molecule has 8 aromatic carbocycles. The third kappa shape index (κ3) is 4.23. The first kappa shape index (κ1) is 31.3. The Kier molecular flexibility index (Phi) is 6.07. The number of para-hydroxylation sites is 4. The predicted octanol–water partition coefficient (Wildman–Crippen LogP) is 12.9. The van der Waals surface area contributed by atoms with Gasteiger partial charge in [0.25, 0.3) is 0 Å². The molecule has 0 amide bonds. The maximum atomic E-state index is 7.26. The lowest BCUT2D eigenvalue weighted by molar-refractivity contribution is 0.568. The van der Waals surface area contributed by atoms with Crippen LogP contribution in [0, 0.1) is 0 Å². The van der Waals surface area contributed by atoms with E-state index in [1.54, 1.807) is 0 Å². The Hall–Kier alpha value is -7.76. The van der Waals surface area contributed by atoms with E-state index in [1.807, 2.05) is 24.3 Å². The van der Waals surface area contributed by atoms with Crippen molar-refractivity contribution in [1.82, 2.24) is 4.57 Å². The molecule has 0 saturated heterocycles. The summed E-state index contributed by atoms with van der Waals surface area (Å²) in [6.45, 7) is 0. The smallest absolute Gasteiger partial charge is 0.145 e. The molecule has 1 aliphatic heterocycles. The van der Waals surface area contributed by atoms with Crippen LogP contribution >= 0.6 is 0 Å². The summed E-state index contributed by atoms with van der Waals surface area (Å²) in [6, 6.07) is 60.7. The van der Waals surface area contributed by atoms with Gasteiger partial charge in [-0.1, -0.05) is 97.1 Å². The summed E-state index contributed by atoms with van der Waals surface area (Å²) in [5.74, 6) is 0. The second kappa shape index (κ2) is 11.4. The summed E-state index contributed by atoms with van der Waals surface area (Å²) >= 11 is 0. The zero-order valence-corrected chi connectivity index (χ0v) is 31.6. The van der Waals surface area contributed by atoms with Gasteiger partial charge in [-0.25, -0.2) is 0 Å². The van der Waals surface area contributed by atoms with Gasteiger partial charge in [-0.3, -0.25) is 0 Å². The van der Waals surface area contributed by atoms with Crippen LogP contribution in [0.4, 0.5) is 11.4 Å². The maximum Gasteiger partial charge on any atom is 0.145 e. The number of benzene rings is 8. The Morgan fingerprint density at radius 2 is 1.15 bits per heavy atom. The molecular weight excluding hydrogens is 725 g/mol. The first-order valence-electron chi connectivity index (χ1n) is 20.3. The van der Waals surface area contributed by atoms with Crippen LogP contribution in [0.5, 0.6) is 0 Å². The average molecular weight is 757 g/mol. The molecule has 0 radical (unpaired) electrons. The van der Waals surface area contributed by atoms with Crippen LogP contribution in [0.15, 0.2) is 183 Å². The Balaban J connectivity index is 0.953. The van der Waals surface area contributed by atoms with Crippen molar-refractivity contribution in [3.05, 3.63) is 186 Å². The number of hydrogen-bond acceptors (Lipinski definition) is 4. The van der Waals surface area contributed by atoms with Crippen molar-refractivity contribution >= 4 is 99.7 Å². The second-order valence-electron chi connectivity index (χ2n) is 15.9. The summed E-state index contributed by atoms with van der Waals surface area (Å²) in [4.78, 5) is 2.52. The number of aromatic nitrogens is 1. The lowest BCUT2D eigenvalue weighted by atomic mass is 9.94. The normalized spacial score (nSPS) is 14.9. The van der Waals surface area contributed by atoms with Crippen molar-refractivity contribution in [1.29, 1.82) is 0 Å². The lowest BCUT2D eigenvalue weighted by Gasteiger charge is -2.28. The number of hydrogen-bond donors (Lipinski definition) is 0. The van der Waals surface area contributed by atoms with Crippen LogP contribution in [0.2, 0.25) is 0 Å². The number of furan rings is 3. The summed E-state index contributed by atoms with van der Waals surface area (Å²) < 4.78 is 22.0. The fourth-order valence-electron chi connectivity index (χ4n) is 10.3. The summed E-state index contributed by atoms with van der Waals surface area (Å²) in [5.41, 5.74) is 16.0. The van der Waals surface area contributed by atoms with Crippen molar-refractivity contribution in [3.8, 4) is 16.8 Å². The van der Waals surface area contributed by atoms with Gasteiger partial charge in [-0.15, -0.1) is 0 Å². The van der Waals surface area contributed by atoms with Gasteiger partial charge in [0.15, 0.2) is 0 Å². The van der Waals surface area contributed by atoms with Gasteiger partial charge in [0.1, 0.15) is 33.3 Å². The Morgan fingerprint density at radius 1 is 0.458 bits per heavy atom. The molecule has 59 heavy (non-hydrogen) atoms. The van der Waals surface area contributed by atoms with Crippen molar-refractivity contribution < 1.29 is 13.3 Å². The highest BCUT2D eigenvalue weighted by Crippen LogP contribution is 2.47. The van der Waals surface area contributed by atoms with Gasteiger partial charge in [-0.2, -0.15) is 0 Å². The van der Waals surface area contributed by atoms with E-state index >= 15 is 0 Å². The second-order valence-corrected chi connectivity index (χ2v) is 15.9. The number of nitrogens with zero attached hydrogens (tertiary/aromatic N) is 2. The molecule has 4 aromatic heterocycles. The molecular formula is C54H32N2O3. The molecule has 0 spiro atoms. The third-order valence-corrected chi connectivity index (χ3v) is 12.9. The van der Waals surface area contributed by atoms with Crippen molar-refractivity contribution in [3.63, 3.8) is 0 Å². The highest BCUT2D eigenvalue weighted by atomic mass is 16.3. The first-order chi connectivity index (χ1) is 29.2. The monoisotopic (exact) mass is 756 g/mol. The molecule has 1 unspecified atom stereocenters. The molecule has 5 heterocycles. The zero-order valence-electron chi connectivity index (χ0n) is 31.6. The minimum atomic E-state index is 0.0874. The van der Waals surface area contributed by atoms with Crippen LogP contribution in [0.3, 0.4) is 0 Å². The van der Waals surface area contributed by atoms with Crippen LogP contribution in [0.25, 0.3) is 105 Å². The highest BCUT2D eigenvalue weighted by Gasteiger charge is 2.38. The van der Waals surface area contributed by atoms with Crippen LogP contribution in [0.1, 0.15) is 12.0 Å². The molecule has 0 bridgehead atoms. The van der Waals surface area contributed by atoms with E-state index in [4.69, 9.17) is 13.3 Å². The molecule has 0 fully saturated rings. The maximum absolute atomic E-state index is 7.26. The Morgan fingerprint density at radius 3 is 2.00 bits per heavy atom. The molecule has 5 heteroatoms. The van der Waals surface area contributed by atoms with Gasteiger partial charge in [0, 0.05) is 65.7 Å². The molecule has 2 aliphatic rings. The van der Waals surface area contributed by atoms with Crippen LogP contribution < -0.4 is 15.5 Å². The van der Waals surface area contributed by atoms with E-state index in [0.717, 1.165) is 94.5 Å². The topological polar surface area (TPSA) is 47.6 Å². The minimum Gasteiger partial charge on any atom is -0.456 e. The predicted molar refractivity (Wildman–Crippen MR) is 240 cm³/mol. The summed E-state index contributed by atoms with van der Waals surface area (Å²) in [5, 5.41) is 9.14. The van der Waals surface area contributed by atoms with Gasteiger partial charge >= 0.3 is 0 Å². The average Bonchev–Trinajstić information content (AvgIpc) is 4.10. The van der Waals surface area contributed by atoms with Crippen molar-refractivity contribution in [2.75, 3.05) is 4.90 Å². The highest BCUT2D eigenvalue weighted by molar-refractivity contribution is 6.20. The first-order valence-corrected chi connectivity index (χ1v) is 20.3. The molecule has 0 N–H and O–H groups in total. The third-order valence-electron chi connectivity index (χ3n) is 12.9.